The van der Waals surface area contributed by atoms with Gasteiger partial charge in [0.05, 0.1) is 42.4 Å². The summed E-state index contributed by atoms with van der Waals surface area (Å²) in [5.74, 6) is 0.501. The zero-order chi connectivity index (χ0) is 36.2. The van der Waals surface area contributed by atoms with E-state index in [2.05, 4.69) is 26.3 Å². The van der Waals surface area contributed by atoms with Crippen LogP contribution in [-0.4, -0.2) is 93.0 Å². The summed E-state index contributed by atoms with van der Waals surface area (Å²) in [6, 6.07) is 12.0. The molecule has 13 nitrogen and oxygen atoms in total. The molecule has 1 N–H and O–H groups in total. The van der Waals surface area contributed by atoms with E-state index in [0.29, 0.717) is 65.2 Å². The van der Waals surface area contributed by atoms with Crippen molar-refractivity contribution in [2.45, 2.75) is 81.6 Å². The predicted octanol–water partition coefficient (Wildman–Crippen LogP) is 4.58. The van der Waals surface area contributed by atoms with Crippen LogP contribution in [0.2, 0.25) is 0 Å². The number of piperazine rings is 1. The monoisotopic (exact) mass is 740 g/mol. The fraction of sp³-hybridized carbons (Fsp3) is 0.500. The van der Waals surface area contributed by atoms with Gasteiger partial charge in [-0.25, -0.2) is 17.2 Å². The van der Waals surface area contributed by atoms with Gasteiger partial charge < -0.3 is 19.6 Å². The summed E-state index contributed by atoms with van der Waals surface area (Å²) in [4.78, 5) is 17.1. The van der Waals surface area contributed by atoms with Crippen molar-refractivity contribution in [3.8, 4) is 22.5 Å². The lowest BCUT2D eigenvalue weighted by molar-refractivity contribution is -0.137. The van der Waals surface area contributed by atoms with E-state index in [4.69, 9.17) is 4.74 Å². The number of amides is 1. The SMILES string of the molecule is COc1ccc(CN(C2(C#N)CC2)S(=O)(=O)c2cc(N3CC4CCC(C3)N4C(=O)C(C)C)c3c(c2)c(-c2nnc(C(F)F)s2)nn3CCO)cc1. The fourth-order valence-corrected chi connectivity index (χ4v) is 9.76. The maximum atomic E-state index is 14.9. The van der Waals surface area contributed by atoms with E-state index < -0.39 is 27.0 Å². The topological polar surface area (TPSA) is 158 Å². The molecule has 2 unspecified atom stereocenters. The van der Waals surface area contributed by atoms with Crippen molar-refractivity contribution in [1.29, 1.82) is 5.26 Å². The molecule has 1 aliphatic carbocycles. The number of rotatable bonds is 12. The summed E-state index contributed by atoms with van der Waals surface area (Å²) in [7, 11) is -2.85. The Labute approximate surface area is 298 Å². The molecule has 1 saturated carbocycles. The number of halogens is 2. The Balaban J connectivity index is 1.40. The second kappa shape index (κ2) is 13.4. The number of hydrogen-bond acceptors (Lipinski definition) is 11. The maximum Gasteiger partial charge on any atom is 0.291 e. The Morgan fingerprint density at radius 3 is 2.39 bits per heavy atom. The highest BCUT2D eigenvalue weighted by molar-refractivity contribution is 7.89. The number of nitrogens with zero attached hydrogens (tertiary/aromatic N) is 8. The molecule has 2 saturated heterocycles. The van der Waals surface area contributed by atoms with Crippen LogP contribution in [0, 0.1) is 17.2 Å². The molecule has 3 fully saturated rings. The minimum absolute atomic E-state index is 0.0376. The number of sulfonamides is 1. The molecule has 2 atom stereocenters. The van der Waals surface area contributed by atoms with Crippen LogP contribution in [0.5, 0.6) is 5.75 Å². The molecule has 4 aromatic rings. The Bertz CT molecular complexity index is 2100. The van der Waals surface area contributed by atoms with Gasteiger partial charge >= 0.3 is 0 Å². The Morgan fingerprint density at radius 2 is 1.84 bits per heavy atom. The van der Waals surface area contributed by atoms with Crippen molar-refractivity contribution in [3.05, 3.63) is 47.0 Å². The average molecular weight is 741 g/mol. The summed E-state index contributed by atoms with van der Waals surface area (Å²) in [5.41, 5.74) is 0.579. The van der Waals surface area contributed by atoms with Gasteiger partial charge in [0, 0.05) is 43.0 Å². The summed E-state index contributed by atoms with van der Waals surface area (Å²) >= 11 is 0.660. The van der Waals surface area contributed by atoms with E-state index in [1.54, 1.807) is 35.0 Å². The number of fused-ring (bicyclic) bond motifs is 3. The molecule has 1 amide bonds. The molecule has 2 bridgehead atoms. The number of aliphatic hydroxyl groups is 1. The van der Waals surface area contributed by atoms with Crippen LogP contribution in [0.4, 0.5) is 14.5 Å². The molecule has 270 valence electrons. The van der Waals surface area contributed by atoms with Gasteiger partial charge in [-0.3, -0.25) is 9.48 Å². The number of benzene rings is 2. The summed E-state index contributed by atoms with van der Waals surface area (Å²) < 4.78 is 65.1. The number of anilines is 1. The van der Waals surface area contributed by atoms with Crippen LogP contribution >= 0.6 is 11.3 Å². The van der Waals surface area contributed by atoms with Crippen LogP contribution in [-0.2, 0) is 27.9 Å². The number of methoxy groups -OCH3 is 1. The number of aromatic nitrogens is 4. The molecule has 4 heterocycles. The van der Waals surface area contributed by atoms with Crippen molar-refractivity contribution in [2.24, 2.45) is 5.92 Å². The fourth-order valence-electron chi connectivity index (χ4n) is 7.28. The number of carbonyl (C=O) groups excluding carboxylic acids is 1. The first kappa shape index (κ1) is 35.2. The van der Waals surface area contributed by atoms with Gasteiger partial charge in [-0.1, -0.05) is 37.3 Å². The number of nitriles is 1. The number of ether oxygens (including phenoxy) is 1. The third-order valence-electron chi connectivity index (χ3n) is 9.99. The highest BCUT2D eigenvalue weighted by Gasteiger charge is 2.54. The number of carbonyl (C=O) groups is 1. The van der Waals surface area contributed by atoms with Crippen molar-refractivity contribution in [3.63, 3.8) is 0 Å². The molecule has 2 aromatic carbocycles. The van der Waals surface area contributed by atoms with Gasteiger partial charge in [-0.05, 0) is 55.5 Å². The van der Waals surface area contributed by atoms with E-state index in [9.17, 15) is 32.4 Å². The molecule has 0 radical (unpaired) electrons. The Morgan fingerprint density at radius 1 is 1.16 bits per heavy atom. The number of aliphatic hydroxyl groups excluding tert-OH is 1. The predicted molar refractivity (Wildman–Crippen MR) is 185 cm³/mol. The average Bonchev–Trinajstić information content (AvgIpc) is 3.45. The van der Waals surface area contributed by atoms with Crippen LogP contribution in [0.25, 0.3) is 21.6 Å². The Hall–Kier alpha value is -4.24. The van der Waals surface area contributed by atoms with Gasteiger partial charge in [-0.15, -0.1) is 10.2 Å². The normalized spacial score (nSPS) is 19.8. The third-order valence-corrected chi connectivity index (χ3v) is 12.8. The number of hydrogen-bond donors (Lipinski definition) is 1. The van der Waals surface area contributed by atoms with Crippen molar-refractivity contribution in [2.75, 3.05) is 31.7 Å². The van der Waals surface area contributed by atoms with Crippen LogP contribution < -0.4 is 9.64 Å². The zero-order valence-corrected chi connectivity index (χ0v) is 30.0. The molecule has 17 heteroatoms. The first-order valence-electron chi connectivity index (χ1n) is 16.8. The summed E-state index contributed by atoms with van der Waals surface area (Å²) in [6.07, 6.45) is -0.540. The molecule has 2 aliphatic heterocycles. The standard InChI is InChI=1S/C34H38F2N8O5S2/c1-20(2)33(46)44-22-6-7-23(44)18-41(17-22)27-15-25(14-26-28(40-42(12-13-45)29(26)27)31-38-39-32(50-31)30(35)36)51(47,48)43(34(19-37)10-11-34)16-21-4-8-24(49-3)9-5-21/h4-5,8-9,14-15,20,22-23,30,45H,6-7,10-13,16-18H2,1-3H3. The summed E-state index contributed by atoms with van der Waals surface area (Å²) in [5, 5.41) is 32.5. The van der Waals surface area contributed by atoms with E-state index in [1.807, 2.05) is 18.7 Å². The highest BCUT2D eigenvalue weighted by Crippen LogP contribution is 2.47. The number of alkyl halides is 2. The molecule has 2 aromatic heterocycles. The van der Waals surface area contributed by atoms with Crippen molar-refractivity contribution < 1.29 is 31.8 Å². The smallest absolute Gasteiger partial charge is 0.291 e. The van der Waals surface area contributed by atoms with Gasteiger partial charge in [-0.2, -0.15) is 14.7 Å². The van der Waals surface area contributed by atoms with E-state index in [1.165, 1.54) is 17.5 Å². The highest BCUT2D eigenvalue weighted by atomic mass is 32.2. The second-order valence-electron chi connectivity index (χ2n) is 13.6. The third kappa shape index (κ3) is 6.21. The summed E-state index contributed by atoms with van der Waals surface area (Å²) in [6.45, 7) is 4.28. The molecule has 0 spiro atoms. The second-order valence-corrected chi connectivity index (χ2v) is 16.4. The lowest BCUT2D eigenvalue weighted by Crippen LogP contribution is -2.57. The van der Waals surface area contributed by atoms with Gasteiger partial charge in [0.2, 0.25) is 15.9 Å². The van der Waals surface area contributed by atoms with E-state index in [-0.39, 0.29) is 59.2 Å². The lowest BCUT2D eigenvalue weighted by Gasteiger charge is -2.43. The molecular weight excluding hydrogens is 703 g/mol. The van der Waals surface area contributed by atoms with Crippen LogP contribution in [0.1, 0.15) is 56.5 Å². The van der Waals surface area contributed by atoms with Gasteiger partial charge in [0.1, 0.15) is 17.0 Å². The minimum Gasteiger partial charge on any atom is -0.497 e. The van der Waals surface area contributed by atoms with Crippen molar-refractivity contribution in [1.82, 2.24) is 29.2 Å². The molecule has 7 rings (SSSR count). The van der Waals surface area contributed by atoms with E-state index >= 15 is 0 Å². The Kier molecular flexibility index (Phi) is 9.23. The lowest BCUT2D eigenvalue weighted by atomic mass is 10.1. The quantitative estimate of drug-likeness (QED) is 0.218. The van der Waals surface area contributed by atoms with Crippen LogP contribution in [0.15, 0.2) is 41.3 Å². The maximum absolute atomic E-state index is 14.9. The largest absolute Gasteiger partial charge is 0.497 e. The first-order chi connectivity index (χ1) is 24.4. The van der Waals surface area contributed by atoms with Crippen molar-refractivity contribution >= 4 is 43.9 Å². The first-order valence-corrected chi connectivity index (χ1v) is 19.1. The van der Waals surface area contributed by atoms with Crippen LogP contribution in [0.3, 0.4) is 0 Å². The van der Waals surface area contributed by atoms with Gasteiger partial charge in [0.25, 0.3) is 6.43 Å². The molecule has 3 aliphatic rings. The van der Waals surface area contributed by atoms with E-state index in [0.717, 1.165) is 12.8 Å². The molecule has 51 heavy (non-hydrogen) atoms. The zero-order valence-electron chi connectivity index (χ0n) is 28.4. The molecular formula is C34H38F2N8O5S2. The minimum atomic E-state index is -4.38. The van der Waals surface area contributed by atoms with Gasteiger partial charge in [0.15, 0.2) is 10.0 Å².